The topological polar surface area (TPSA) is 55.5 Å². The van der Waals surface area contributed by atoms with E-state index in [1.54, 1.807) is 0 Å². The molecular formula is C7H15NO2. The first kappa shape index (κ1) is 7.98. The third-order valence-electron chi connectivity index (χ3n) is 1.79. The molecule has 10 heavy (non-hydrogen) atoms. The minimum atomic E-state index is 0.221. The van der Waals surface area contributed by atoms with E-state index in [2.05, 4.69) is 0 Å². The van der Waals surface area contributed by atoms with Crippen LogP contribution in [0.25, 0.3) is 0 Å². The van der Waals surface area contributed by atoms with Gasteiger partial charge in [-0.05, 0) is 19.3 Å². The highest BCUT2D eigenvalue weighted by Gasteiger charge is 2.25. The second-order valence-corrected chi connectivity index (χ2v) is 2.80. The van der Waals surface area contributed by atoms with Crippen LogP contribution in [-0.4, -0.2) is 30.5 Å². The second-order valence-electron chi connectivity index (χ2n) is 2.80. The molecule has 3 nitrogen and oxygen atoms in total. The molecule has 1 fully saturated rings. The number of nitrogens with two attached hydrogens (primary N) is 1. The summed E-state index contributed by atoms with van der Waals surface area (Å²) < 4.78 is 5.35. The summed E-state index contributed by atoms with van der Waals surface area (Å²) >= 11 is 0. The van der Waals surface area contributed by atoms with Crippen LogP contribution in [0.1, 0.15) is 19.3 Å². The molecule has 1 rings (SSSR count). The van der Waals surface area contributed by atoms with Gasteiger partial charge in [-0.1, -0.05) is 0 Å². The Morgan fingerprint density at radius 2 is 2.20 bits per heavy atom. The van der Waals surface area contributed by atoms with Crippen LogP contribution in [0.3, 0.4) is 0 Å². The summed E-state index contributed by atoms with van der Waals surface area (Å²) in [7, 11) is 0. The molecule has 0 spiro atoms. The number of hydrogen-bond acceptors (Lipinski definition) is 3. The van der Waals surface area contributed by atoms with E-state index < -0.39 is 0 Å². The van der Waals surface area contributed by atoms with E-state index in [9.17, 15) is 0 Å². The molecule has 60 valence electrons. The Hall–Kier alpha value is -0.120. The number of ether oxygens (including phenoxy) is 1. The zero-order valence-electron chi connectivity index (χ0n) is 6.12. The van der Waals surface area contributed by atoms with Crippen LogP contribution in [0.2, 0.25) is 0 Å². The highest BCUT2D eigenvalue weighted by molar-refractivity contribution is 4.82. The van der Waals surface area contributed by atoms with E-state index in [-0.39, 0.29) is 6.61 Å². The van der Waals surface area contributed by atoms with E-state index in [4.69, 9.17) is 15.6 Å². The third-order valence-corrected chi connectivity index (χ3v) is 1.79. The van der Waals surface area contributed by atoms with Gasteiger partial charge in [-0.25, -0.2) is 0 Å². The van der Waals surface area contributed by atoms with Crippen LogP contribution in [-0.2, 0) is 4.74 Å². The highest BCUT2D eigenvalue weighted by atomic mass is 16.5. The molecule has 0 aromatic rings. The molecular weight excluding hydrogens is 130 g/mol. The van der Waals surface area contributed by atoms with Crippen molar-refractivity contribution in [1.82, 2.24) is 0 Å². The first-order valence-electron chi connectivity index (χ1n) is 3.81. The monoisotopic (exact) mass is 145 g/mol. The van der Waals surface area contributed by atoms with Crippen molar-refractivity contribution in [3.8, 4) is 0 Å². The summed E-state index contributed by atoms with van der Waals surface area (Å²) in [5.74, 6) is 0. The SMILES string of the molecule is NC1CC(OCCCO)C1. The lowest BCUT2D eigenvalue weighted by Gasteiger charge is -2.32. The largest absolute Gasteiger partial charge is 0.396 e. The van der Waals surface area contributed by atoms with Crippen molar-refractivity contribution in [2.24, 2.45) is 5.73 Å². The quantitative estimate of drug-likeness (QED) is 0.542. The number of hydrogen-bond donors (Lipinski definition) is 2. The molecule has 0 atom stereocenters. The van der Waals surface area contributed by atoms with Crippen molar-refractivity contribution in [3.63, 3.8) is 0 Å². The number of aliphatic hydroxyl groups is 1. The summed E-state index contributed by atoms with van der Waals surface area (Å²) in [5, 5.41) is 8.42. The van der Waals surface area contributed by atoms with E-state index >= 15 is 0 Å². The van der Waals surface area contributed by atoms with Gasteiger partial charge in [0, 0.05) is 19.3 Å². The summed E-state index contributed by atoms with van der Waals surface area (Å²) in [6.45, 7) is 0.895. The standard InChI is InChI=1S/C7H15NO2/c8-6-4-7(5-6)10-3-1-2-9/h6-7,9H,1-5,8H2. The Kier molecular flexibility index (Phi) is 3.12. The van der Waals surface area contributed by atoms with Crippen molar-refractivity contribution in [3.05, 3.63) is 0 Å². The Balaban J connectivity index is 1.86. The molecule has 0 aromatic carbocycles. The average molecular weight is 145 g/mol. The van der Waals surface area contributed by atoms with Crippen LogP contribution in [0.4, 0.5) is 0 Å². The van der Waals surface area contributed by atoms with Crippen molar-refractivity contribution >= 4 is 0 Å². The van der Waals surface area contributed by atoms with E-state index in [0.29, 0.717) is 18.8 Å². The molecule has 1 aliphatic rings. The lowest BCUT2D eigenvalue weighted by atomic mass is 9.90. The number of aliphatic hydroxyl groups excluding tert-OH is 1. The summed E-state index contributed by atoms with van der Waals surface area (Å²) in [6, 6.07) is 0.360. The van der Waals surface area contributed by atoms with Crippen molar-refractivity contribution < 1.29 is 9.84 Å². The molecule has 0 bridgehead atoms. The Labute approximate surface area is 61.2 Å². The molecule has 0 saturated heterocycles. The fraction of sp³-hybridized carbons (Fsp3) is 1.00. The van der Waals surface area contributed by atoms with Crippen LogP contribution < -0.4 is 5.73 Å². The zero-order valence-corrected chi connectivity index (χ0v) is 6.12. The maximum Gasteiger partial charge on any atom is 0.0604 e. The molecule has 1 saturated carbocycles. The normalized spacial score (nSPS) is 31.8. The first-order chi connectivity index (χ1) is 4.83. The molecule has 3 N–H and O–H groups in total. The minimum absolute atomic E-state index is 0.221. The van der Waals surface area contributed by atoms with Gasteiger partial charge in [0.15, 0.2) is 0 Å². The van der Waals surface area contributed by atoms with Crippen molar-refractivity contribution in [2.45, 2.75) is 31.4 Å². The average Bonchev–Trinajstić information content (AvgIpc) is 1.85. The number of rotatable bonds is 4. The van der Waals surface area contributed by atoms with E-state index in [1.165, 1.54) is 0 Å². The predicted molar refractivity (Wildman–Crippen MR) is 38.7 cm³/mol. The summed E-state index contributed by atoms with van der Waals surface area (Å²) in [6.07, 6.45) is 3.10. The van der Waals surface area contributed by atoms with E-state index in [1.807, 2.05) is 0 Å². The highest BCUT2D eigenvalue weighted by Crippen LogP contribution is 2.20. The Morgan fingerprint density at radius 3 is 2.70 bits per heavy atom. The van der Waals surface area contributed by atoms with Gasteiger partial charge in [0.1, 0.15) is 0 Å². The molecule has 1 aliphatic carbocycles. The van der Waals surface area contributed by atoms with Crippen LogP contribution in [0.15, 0.2) is 0 Å². The van der Waals surface area contributed by atoms with Gasteiger partial charge in [-0.2, -0.15) is 0 Å². The lowest BCUT2D eigenvalue weighted by molar-refractivity contribution is -0.0132. The van der Waals surface area contributed by atoms with Crippen LogP contribution >= 0.6 is 0 Å². The molecule has 0 heterocycles. The summed E-state index contributed by atoms with van der Waals surface area (Å²) in [4.78, 5) is 0. The molecule has 0 unspecified atom stereocenters. The lowest BCUT2D eigenvalue weighted by Crippen LogP contribution is -2.41. The van der Waals surface area contributed by atoms with Gasteiger partial charge in [0.05, 0.1) is 6.10 Å². The van der Waals surface area contributed by atoms with Gasteiger partial charge in [0.2, 0.25) is 0 Å². The Bertz CT molecular complexity index is 91.6. The first-order valence-corrected chi connectivity index (χ1v) is 3.81. The zero-order chi connectivity index (χ0) is 7.40. The van der Waals surface area contributed by atoms with E-state index in [0.717, 1.165) is 19.3 Å². The molecule has 0 aliphatic heterocycles. The van der Waals surface area contributed by atoms with Crippen LogP contribution in [0, 0.1) is 0 Å². The third kappa shape index (κ3) is 2.25. The molecule has 0 aromatic heterocycles. The summed E-state index contributed by atoms with van der Waals surface area (Å²) in [5.41, 5.74) is 5.54. The fourth-order valence-electron chi connectivity index (χ4n) is 1.06. The molecule has 0 amide bonds. The van der Waals surface area contributed by atoms with Crippen LogP contribution in [0.5, 0.6) is 0 Å². The minimum Gasteiger partial charge on any atom is -0.396 e. The smallest absolute Gasteiger partial charge is 0.0604 e. The fourth-order valence-corrected chi connectivity index (χ4v) is 1.06. The Morgan fingerprint density at radius 1 is 1.50 bits per heavy atom. The van der Waals surface area contributed by atoms with Gasteiger partial charge < -0.3 is 15.6 Å². The molecule has 0 radical (unpaired) electrons. The van der Waals surface area contributed by atoms with Gasteiger partial charge in [0.25, 0.3) is 0 Å². The van der Waals surface area contributed by atoms with Gasteiger partial charge in [-0.15, -0.1) is 0 Å². The van der Waals surface area contributed by atoms with Crippen molar-refractivity contribution in [1.29, 1.82) is 0 Å². The predicted octanol–water partition coefficient (Wildman–Crippen LogP) is -0.125. The second kappa shape index (κ2) is 3.91. The maximum absolute atomic E-state index is 8.42. The van der Waals surface area contributed by atoms with Gasteiger partial charge >= 0.3 is 0 Å². The maximum atomic E-state index is 8.42. The molecule has 3 heteroatoms. The van der Waals surface area contributed by atoms with Crippen molar-refractivity contribution in [2.75, 3.05) is 13.2 Å². The van der Waals surface area contributed by atoms with Gasteiger partial charge in [-0.3, -0.25) is 0 Å².